The van der Waals surface area contributed by atoms with E-state index < -0.39 is 0 Å². The summed E-state index contributed by atoms with van der Waals surface area (Å²) in [6, 6.07) is 8.75. The van der Waals surface area contributed by atoms with Crippen LogP contribution in [0.1, 0.15) is 19.5 Å². The third kappa shape index (κ3) is 1.92. The fourth-order valence-corrected chi connectivity index (χ4v) is 6.46. The fraction of sp³-hybridized carbons (Fsp3) is 0.471. The average Bonchev–Trinajstić information content (AvgIpc) is 3.15. The molecule has 0 radical (unpaired) electrons. The monoisotopic (exact) mass is 383 g/mol. The largest absolute Gasteiger partial charge is 0.444 e. The Kier molecular flexibility index (Phi) is 3.48. The summed E-state index contributed by atoms with van der Waals surface area (Å²) >= 11 is 0. The summed E-state index contributed by atoms with van der Waals surface area (Å²) in [4.78, 5) is 4.97. The van der Waals surface area contributed by atoms with Crippen molar-refractivity contribution in [2.24, 2.45) is 0 Å². The van der Waals surface area contributed by atoms with Crippen molar-refractivity contribution in [2.45, 2.75) is 32.8 Å². The second-order valence-corrected chi connectivity index (χ2v) is 9.76. The first kappa shape index (κ1) is 18.2. The lowest BCUT2D eigenvalue weighted by Gasteiger charge is -2.66. The van der Waals surface area contributed by atoms with Crippen molar-refractivity contribution < 1.29 is 0 Å². The van der Waals surface area contributed by atoms with E-state index in [0.29, 0.717) is 6.98 Å². The van der Waals surface area contributed by atoms with E-state index in [1.165, 1.54) is 16.9 Å². The molecule has 0 atom stereocenters. The van der Waals surface area contributed by atoms with Crippen molar-refractivity contribution in [1.29, 1.82) is 0 Å². The van der Waals surface area contributed by atoms with Gasteiger partial charge in [-0.3, -0.25) is 0 Å². The summed E-state index contributed by atoms with van der Waals surface area (Å²) < 4.78 is 15.4. The molecule has 0 saturated carbocycles. The van der Waals surface area contributed by atoms with Gasteiger partial charge in [0.15, 0.2) is 0 Å². The molecule has 144 valence electrons. The number of hydrogen-bond donors (Lipinski definition) is 0. The molecule has 4 aliphatic heterocycles. The maximum absolute atomic E-state index is 4.97. The standard InChI is InChI=1S/C17H26B5N7/c1-17(2)15-12-23-16-13-10-8-9-11-14(13)28-19(4)26(7)21-25(6)18(3)24(5)20(17)29(21)22(28)27(15)16/h8-12H,1-7H3. The highest BCUT2D eigenvalue weighted by Gasteiger charge is 2.68. The van der Waals surface area contributed by atoms with E-state index >= 15 is 0 Å². The van der Waals surface area contributed by atoms with Crippen LogP contribution in [0, 0.1) is 0 Å². The van der Waals surface area contributed by atoms with Crippen molar-refractivity contribution in [3.8, 4) is 11.4 Å². The highest BCUT2D eigenvalue weighted by Crippen LogP contribution is 2.48. The van der Waals surface area contributed by atoms with Crippen LogP contribution in [0.15, 0.2) is 30.5 Å². The number of imidazole rings is 1. The van der Waals surface area contributed by atoms with E-state index in [4.69, 9.17) is 4.98 Å². The first-order valence-corrected chi connectivity index (χ1v) is 10.7. The number of fused-ring (bicyclic) bond motifs is 3. The number of nitrogens with zero attached hydrogens (tertiary/aromatic N) is 7. The van der Waals surface area contributed by atoms with Gasteiger partial charge in [-0.15, -0.1) is 0 Å². The first-order chi connectivity index (χ1) is 13.8. The number of para-hydroxylation sites is 1. The van der Waals surface area contributed by atoms with Crippen LogP contribution >= 0.6 is 0 Å². The molecule has 4 aliphatic rings. The highest BCUT2D eigenvalue weighted by molar-refractivity contribution is 7.03. The van der Waals surface area contributed by atoms with E-state index in [1.807, 2.05) is 0 Å². The lowest BCUT2D eigenvalue weighted by molar-refractivity contribution is 0.458. The van der Waals surface area contributed by atoms with Crippen LogP contribution in [0.5, 0.6) is 0 Å². The molecule has 5 heterocycles. The second kappa shape index (κ2) is 5.55. The van der Waals surface area contributed by atoms with Crippen molar-refractivity contribution in [1.82, 2.24) is 28.3 Å². The molecule has 2 fully saturated rings. The van der Waals surface area contributed by atoms with Crippen LogP contribution < -0.4 is 4.72 Å². The zero-order valence-electron chi connectivity index (χ0n) is 18.4. The average molecular weight is 383 g/mol. The molecule has 2 aromatic rings. The molecule has 0 amide bonds. The Morgan fingerprint density at radius 2 is 1.59 bits per heavy atom. The van der Waals surface area contributed by atoms with Crippen molar-refractivity contribution in [3.05, 3.63) is 36.2 Å². The summed E-state index contributed by atoms with van der Waals surface area (Å²) in [6.45, 7) is 10.3. The molecular weight excluding hydrogens is 356 g/mol. The molecule has 12 heteroatoms. The second-order valence-electron chi connectivity index (χ2n) is 9.76. The predicted octanol–water partition coefficient (Wildman–Crippen LogP) is 0.867. The smallest absolute Gasteiger partial charge is 0.415 e. The SMILES string of the molecule is CB1N(C)B2N(C)B(C)N3B4N2B(N1C)C(C)(C)c1cnc(n14)-c1ccccc13. The molecule has 0 aliphatic carbocycles. The predicted molar refractivity (Wildman–Crippen MR) is 124 cm³/mol. The van der Waals surface area contributed by atoms with E-state index in [2.05, 4.69) is 107 Å². The lowest BCUT2D eigenvalue weighted by Crippen LogP contribution is -2.93. The van der Waals surface area contributed by atoms with Crippen LogP contribution in [0.3, 0.4) is 0 Å². The molecule has 0 N–H and O–H groups in total. The summed E-state index contributed by atoms with van der Waals surface area (Å²) in [6.07, 6.45) is 2.13. The normalized spacial score (nSPS) is 23.7. The van der Waals surface area contributed by atoms with Gasteiger partial charge >= 0.3 is 21.2 Å². The Balaban J connectivity index is 1.70. The third-order valence-electron chi connectivity index (χ3n) is 8.11. The molecule has 0 bridgehead atoms. The zero-order valence-corrected chi connectivity index (χ0v) is 18.4. The van der Waals surface area contributed by atoms with Crippen molar-refractivity contribution >= 4 is 40.9 Å². The van der Waals surface area contributed by atoms with Crippen LogP contribution in [0.4, 0.5) is 5.69 Å². The van der Waals surface area contributed by atoms with Crippen molar-refractivity contribution in [2.75, 3.05) is 25.9 Å². The first-order valence-electron chi connectivity index (χ1n) is 10.7. The topological polar surface area (TPSA) is 34.0 Å². The van der Waals surface area contributed by atoms with Gasteiger partial charge in [0.05, 0.1) is 0 Å². The van der Waals surface area contributed by atoms with Gasteiger partial charge in [-0.25, -0.2) is 4.98 Å². The van der Waals surface area contributed by atoms with Gasteiger partial charge in [0.25, 0.3) is 14.0 Å². The van der Waals surface area contributed by atoms with E-state index in [9.17, 15) is 0 Å². The van der Waals surface area contributed by atoms with Crippen LogP contribution in [-0.4, -0.2) is 84.6 Å². The lowest BCUT2D eigenvalue weighted by atomic mass is 9.29. The number of benzene rings is 1. The maximum atomic E-state index is 4.97. The Morgan fingerprint density at radius 1 is 0.897 bits per heavy atom. The maximum Gasteiger partial charge on any atom is 0.444 e. The van der Waals surface area contributed by atoms with Crippen molar-refractivity contribution in [3.63, 3.8) is 0 Å². The summed E-state index contributed by atoms with van der Waals surface area (Å²) in [5, 5.41) is -0.0519. The van der Waals surface area contributed by atoms with Gasteiger partial charge in [0, 0.05) is 28.5 Å². The van der Waals surface area contributed by atoms with Gasteiger partial charge in [0.1, 0.15) is 5.82 Å². The van der Waals surface area contributed by atoms with E-state index in [1.54, 1.807) is 0 Å². The third-order valence-corrected chi connectivity index (χ3v) is 8.11. The van der Waals surface area contributed by atoms with Gasteiger partial charge in [-0.2, -0.15) is 0 Å². The quantitative estimate of drug-likeness (QED) is 0.629. The minimum absolute atomic E-state index is 0.0519. The minimum Gasteiger partial charge on any atom is -0.415 e. The van der Waals surface area contributed by atoms with E-state index in [0.717, 1.165) is 5.82 Å². The molecule has 2 saturated heterocycles. The summed E-state index contributed by atoms with van der Waals surface area (Å²) in [5.41, 5.74) is 3.84. The van der Waals surface area contributed by atoms with E-state index in [-0.39, 0.29) is 33.5 Å². The number of hydrogen-bond acceptors (Lipinski definition) is 6. The van der Waals surface area contributed by atoms with Gasteiger partial charge in [-0.05, 0) is 33.3 Å². The van der Waals surface area contributed by atoms with Gasteiger partial charge in [0.2, 0.25) is 0 Å². The Hall–Kier alpha value is -1.61. The molecule has 1 aromatic heterocycles. The molecule has 7 nitrogen and oxygen atoms in total. The van der Waals surface area contributed by atoms with Crippen LogP contribution in [-0.2, 0) is 5.31 Å². The number of anilines is 1. The molecule has 29 heavy (non-hydrogen) atoms. The molecule has 6 rings (SSSR count). The van der Waals surface area contributed by atoms with Crippen LogP contribution in [0.25, 0.3) is 11.4 Å². The Bertz CT molecular complexity index is 1010. The molecular formula is C17H26B5N7. The Morgan fingerprint density at radius 3 is 2.34 bits per heavy atom. The Labute approximate surface area is 175 Å². The molecule has 0 spiro atoms. The highest BCUT2D eigenvalue weighted by atomic mass is 15.5. The molecule has 0 unspecified atom stereocenters. The zero-order chi connectivity index (χ0) is 20.4. The minimum atomic E-state index is -0.0519. The van der Waals surface area contributed by atoms with Gasteiger partial charge in [-0.1, -0.05) is 39.6 Å². The molecule has 1 aromatic carbocycles. The summed E-state index contributed by atoms with van der Waals surface area (Å²) in [5.74, 6) is 1.10. The number of rotatable bonds is 0. The number of aromatic nitrogens is 2. The fourth-order valence-electron chi connectivity index (χ4n) is 6.46. The van der Waals surface area contributed by atoms with Crippen LogP contribution in [0.2, 0.25) is 13.6 Å². The summed E-state index contributed by atoms with van der Waals surface area (Å²) in [7, 11) is 7.16. The van der Waals surface area contributed by atoms with Gasteiger partial charge < -0.3 is 28.0 Å².